The van der Waals surface area contributed by atoms with Gasteiger partial charge in [0.05, 0.1) is 0 Å². The lowest BCUT2D eigenvalue weighted by Gasteiger charge is -2.10. The number of imidazole rings is 1. The Kier molecular flexibility index (Phi) is 6.39. The van der Waals surface area contributed by atoms with E-state index in [0.717, 1.165) is 25.3 Å². The Morgan fingerprint density at radius 3 is 2.74 bits per heavy atom. The molecule has 108 valence electrons. The van der Waals surface area contributed by atoms with E-state index < -0.39 is 0 Å². The zero-order chi connectivity index (χ0) is 14.3. The lowest BCUT2D eigenvalue weighted by atomic mass is 10.1. The Morgan fingerprint density at radius 2 is 2.11 bits per heavy atom. The van der Waals surface area contributed by atoms with Crippen LogP contribution in [0.3, 0.4) is 0 Å². The normalized spacial score (nSPS) is 12.4. The molecule has 5 heteroatoms. The van der Waals surface area contributed by atoms with E-state index in [0.29, 0.717) is 24.3 Å². The van der Waals surface area contributed by atoms with Crippen LogP contribution < -0.4 is 11.1 Å². The Bertz CT molecular complexity index is 392. The van der Waals surface area contributed by atoms with E-state index in [1.807, 2.05) is 12.4 Å². The molecule has 3 N–H and O–H groups in total. The lowest BCUT2D eigenvalue weighted by molar-refractivity contribution is 0.507. The maximum atomic E-state index is 5.83. The summed E-state index contributed by atoms with van der Waals surface area (Å²) in [5, 5.41) is 3.13. The predicted octanol–water partition coefficient (Wildman–Crippen LogP) is 1.99. The van der Waals surface area contributed by atoms with Gasteiger partial charge in [0, 0.05) is 25.5 Å². The minimum absolute atomic E-state index is 0.500. The highest BCUT2D eigenvalue weighted by Crippen LogP contribution is 2.04. The molecule has 0 radical (unpaired) electrons. The number of nitrogens with zero attached hydrogens (tertiary/aromatic N) is 3. The van der Waals surface area contributed by atoms with E-state index >= 15 is 0 Å². The van der Waals surface area contributed by atoms with Gasteiger partial charge in [0.1, 0.15) is 12.4 Å². The van der Waals surface area contributed by atoms with E-state index in [2.05, 4.69) is 47.6 Å². The van der Waals surface area contributed by atoms with Crippen molar-refractivity contribution < 1.29 is 0 Å². The quantitative estimate of drug-likeness (QED) is 0.585. The number of aliphatic imine (C=N–C) groups is 1. The van der Waals surface area contributed by atoms with E-state index in [-0.39, 0.29) is 0 Å². The molecule has 0 bridgehead atoms. The highest BCUT2D eigenvalue weighted by Gasteiger charge is 2.04. The second kappa shape index (κ2) is 7.81. The van der Waals surface area contributed by atoms with Crippen LogP contribution in [-0.4, -0.2) is 22.1 Å². The number of rotatable bonds is 7. The first-order valence-corrected chi connectivity index (χ1v) is 7.02. The van der Waals surface area contributed by atoms with Crippen molar-refractivity contribution in [2.75, 3.05) is 6.54 Å². The third-order valence-electron chi connectivity index (χ3n) is 2.78. The first-order chi connectivity index (χ1) is 8.99. The van der Waals surface area contributed by atoms with Crippen LogP contribution in [0.2, 0.25) is 0 Å². The molecule has 0 aliphatic heterocycles. The molecular weight excluding hydrogens is 238 g/mol. The molecule has 19 heavy (non-hydrogen) atoms. The fourth-order valence-corrected chi connectivity index (χ4v) is 1.75. The maximum Gasteiger partial charge on any atom is 0.189 e. The molecule has 0 saturated carbocycles. The van der Waals surface area contributed by atoms with Gasteiger partial charge in [-0.15, -0.1) is 0 Å². The molecule has 0 amide bonds. The van der Waals surface area contributed by atoms with Crippen LogP contribution >= 0.6 is 0 Å². The SMILES string of the molecule is CC(C)CCNC(N)=NCc1nccn1CC(C)C. The minimum atomic E-state index is 0.500. The van der Waals surface area contributed by atoms with Crippen molar-refractivity contribution in [3.8, 4) is 0 Å². The summed E-state index contributed by atoms with van der Waals surface area (Å²) in [6, 6.07) is 0. The smallest absolute Gasteiger partial charge is 0.189 e. The third-order valence-corrected chi connectivity index (χ3v) is 2.78. The van der Waals surface area contributed by atoms with Crippen molar-refractivity contribution in [2.45, 2.75) is 47.2 Å². The predicted molar refractivity (Wildman–Crippen MR) is 79.8 cm³/mol. The molecular formula is C14H27N5. The van der Waals surface area contributed by atoms with Crippen LogP contribution in [0.15, 0.2) is 17.4 Å². The molecule has 0 fully saturated rings. The molecule has 0 unspecified atom stereocenters. The summed E-state index contributed by atoms with van der Waals surface area (Å²) in [6.07, 6.45) is 4.90. The largest absolute Gasteiger partial charge is 0.370 e. The molecule has 0 spiro atoms. The summed E-state index contributed by atoms with van der Waals surface area (Å²) in [4.78, 5) is 8.65. The zero-order valence-corrected chi connectivity index (χ0v) is 12.6. The van der Waals surface area contributed by atoms with Crippen LogP contribution in [-0.2, 0) is 13.1 Å². The van der Waals surface area contributed by atoms with Gasteiger partial charge < -0.3 is 15.6 Å². The van der Waals surface area contributed by atoms with Gasteiger partial charge in [-0.3, -0.25) is 0 Å². The van der Waals surface area contributed by atoms with Gasteiger partial charge in [0.2, 0.25) is 0 Å². The van der Waals surface area contributed by atoms with Gasteiger partial charge >= 0.3 is 0 Å². The average molecular weight is 265 g/mol. The summed E-state index contributed by atoms with van der Waals surface area (Å²) >= 11 is 0. The molecule has 1 aromatic heterocycles. The number of hydrogen-bond donors (Lipinski definition) is 2. The summed E-state index contributed by atoms with van der Waals surface area (Å²) in [7, 11) is 0. The number of nitrogens with two attached hydrogens (primary N) is 1. The molecule has 5 nitrogen and oxygen atoms in total. The van der Waals surface area contributed by atoms with Gasteiger partial charge in [-0.05, 0) is 18.3 Å². The zero-order valence-electron chi connectivity index (χ0n) is 12.6. The standard InChI is InChI=1S/C14H27N5/c1-11(2)5-6-17-14(15)18-9-13-16-7-8-19(13)10-12(3)4/h7-8,11-12H,5-6,9-10H2,1-4H3,(H3,15,17,18). The van der Waals surface area contributed by atoms with Gasteiger partial charge in [0.25, 0.3) is 0 Å². The van der Waals surface area contributed by atoms with Crippen LogP contribution in [0.1, 0.15) is 39.9 Å². The van der Waals surface area contributed by atoms with Crippen molar-refractivity contribution in [3.63, 3.8) is 0 Å². The fraction of sp³-hybridized carbons (Fsp3) is 0.714. The topological polar surface area (TPSA) is 68.2 Å². The van der Waals surface area contributed by atoms with E-state index in [1.54, 1.807) is 0 Å². The van der Waals surface area contributed by atoms with Crippen LogP contribution in [0, 0.1) is 11.8 Å². The molecule has 1 heterocycles. The second-order valence-electron chi connectivity index (χ2n) is 5.70. The highest BCUT2D eigenvalue weighted by molar-refractivity contribution is 5.77. The van der Waals surface area contributed by atoms with Crippen LogP contribution in [0.25, 0.3) is 0 Å². The lowest BCUT2D eigenvalue weighted by Crippen LogP contribution is -2.33. The molecule has 0 aliphatic carbocycles. The molecule has 1 rings (SSSR count). The average Bonchev–Trinajstić information content (AvgIpc) is 2.72. The van der Waals surface area contributed by atoms with Crippen molar-refractivity contribution >= 4 is 5.96 Å². The Hall–Kier alpha value is -1.52. The van der Waals surface area contributed by atoms with Gasteiger partial charge in [0.15, 0.2) is 5.96 Å². The molecule has 1 aromatic rings. The number of nitrogens with one attached hydrogen (secondary N) is 1. The summed E-state index contributed by atoms with van der Waals surface area (Å²) in [6.45, 7) is 11.1. The van der Waals surface area contributed by atoms with Crippen molar-refractivity contribution in [1.29, 1.82) is 0 Å². The van der Waals surface area contributed by atoms with Gasteiger partial charge in [-0.2, -0.15) is 0 Å². The van der Waals surface area contributed by atoms with Crippen LogP contribution in [0.5, 0.6) is 0 Å². The van der Waals surface area contributed by atoms with Crippen LogP contribution in [0.4, 0.5) is 0 Å². The van der Waals surface area contributed by atoms with E-state index in [4.69, 9.17) is 5.73 Å². The summed E-state index contributed by atoms with van der Waals surface area (Å²) < 4.78 is 2.13. The Balaban J connectivity index is 2.44. The number of aromatic nitrogens is 2. The minimum Gasteiger partial charge on any atom is -0.370 e. The van der Waals surface area contributed by atoms with Crippen molar-refractivity contribution in [3.05, 3.63) is 18.2 Å². The third kappa shape index (κ3) is 6.27. The number of hydrogen-bond acceptors (Lipinski definition) is 2. The number of guanidine groups is 1. The highest BCUT2D eigenvalue weighted by atomic mass is 15.1. The fourth-order valence-electron chi connectivity index (χ4n) is 1.75. The molecule has 0 atom stereocenters. The molecule has 0 saturated heterocycles. The summed E-state index contributed by atoms with van der Waals surface area (Å²) in [5.74, 6) is 2.73. The summed E-state index contributed by atoms with van der Waals surface area (Å²) in [5.41, 5.74) is 5.83. The first kappa shape index (κ1) is 15.5. The monoisotopic (exact) mass is 265 g/mol. The molecule has 0 aromatic carbocycles. The first-order valence-electron chi connectivity index (χ1n) is 7.02. The Labute approximate surface area is 116 Å². The van der Waals surface area contributed by atoms with E-state index in [9.17, 15) is 0 Å². The van der Waals surface area contributed by atoms with Gasteiger partial charge in [-0.25, -0.2) is 9.98 Å². The van der Waals surface area contributed by atoms with E-state index in [1.165, 1.54) is 0 Å². The molecule has 0 aliphatic rings. The van der Waals surface area contributed by atoms with Crippen molar-refractivity contribution in [1.82, 2.24) is 14.9 Å². The van der Waals surface area contributed by atoms with Gasteiger partial charge in [-0.1, -0.05) is 27.7 Å². The van der Waals surface area contributed by atoms with Crippen molar-refractivity contribution in [2.24, 2.45) is 22.6 Å². The second-order valence-corrected chi connectivity index (χ2v) is 5.70. The Morgan fingerprint density at radius 1 is 1.37 bits per heavy atom. The maximum absolute atomic E-state index is 5.83.